The summed E-state index contributed by atoms with van der Waals surface area (Å²) in [7, 11) is 0. The van der Waals surface area contributed by atoms with Gasteiger partial charge in [0.25, 0.3) is 5.95 Å². The number of nitrogen functional groups attached to an aromatic ring is 1. The summed E-state index contributed by atoms with van der Waals surface area (Å²) in [6.07, 6.45) is 3.08. The molecule has 82 valence electrons. The molecule has 0 aliphatic carbocycles. The van der Waals surface area contributed by atoms with Gasteiger partial charge in [0, 0.05) is 0 Å². The first-order valence-corrected chi connectivity index (χ1v) is 4.76. The highest BCUT2D eigenvalue weighted by atomic mass is 15.5. The first kappa shape index (κ1) is 10.2. The zero-order chi connectivity index (χ0) is 11.4. The summed E-state index contributed by atoms with van der Waals surface area (Å²) in [5, 5.41) is 11.3. The Morgan fingerprint density at radius 2 is 2.12 bits per heavy atom. The van der Waals surface area contributed by atoms with Crippen molar-refractivity contribution >= 4 is 12.2 Å². The largest absolute Gasteiger partial charge is 0.335 e. The quantitative estimate of drug-likeness (QED) is 0.450. The molecule has 0 atom stereocenters. The third kappa shape index (κ3) is 2.35. The van der Waals surface area contributed by atoms with Crippen molar-refractivity contribution in [1.29, 1.82) is 0 Å². The molecule has 2 aromatic rings. The minimum Gasteiger partial charge on any atom is -0.335 e. The van der Waals surface area contributed by atoms with Crippen LogP contribution in [0.4, 0.5) is 5.95 Å². The predicted octanol–water partition coefficient (Wildman–Crippen LogP) is 0.746. The second-order valence-electron chi connectivity index (χ2n) is 3.34. The maximum atomic E-state index is 5.50. The van der Waals surface area contributed by atoms with Gasteiger partial charge in [-0.1, -0.05) is 29.8 Å². The number of anilines is 1. The lowest BCUT2D eigenvalue weighted by Crippen LogP contribution is -2.10. The van der Waals surface area contributed by atoms with Crippen LogP contribution >= 0.6 is 0 Å². The van der Waals surface area contributed by atoms with Gasteiger partial charge >= 0.3 is 0 Å². The maximum Gasteiger partial charge on any atom is 0.263 e. The van der Waals surface area contributed by atoms with Crippen LogP contribution in [0.5, 0.6) is 0 Å². The highest BCUT2D eigenvalue weighted by molar-refractivity contribution is 5.79. The standard InChI is InChI=1S/C10H12N6/c1-8-2-4-9(5-3-8)6-12-14-10-15-13-7-16(10)11/h2-7H,11H2,1H3,(H,14,15)/b12-6-. The van der Waals surface area contributed by atoms with E-state index < -0.39 is 0 Å². The molecule has 0 aliphatic heterocycles. The number of rotatable bonds is 3. The second-order valence-corrected chi connectivity index (χ2v) is 3.34. The summed E-state index contributed by atoms with van der Waals surface area (Å²) in [6, 6.07) is 8.00. The van der Waals surface area contributed by atoms with Gasteiger partial charge in [-0.25, -0.2) is 10.1 Å². The molecular weight excluding hydrogens is 204 g/mol. The van der Waals surface area contributed by atoms with Crippen LogP contribution in [0.15, 0.2) is 35.7 Å². The lowest BCUT2D eigenvalue weighted by molar-refractivity contribution is 0.988. The van der Waals surface area contributed by atoms with Crippen molar-refractivity contribution in [2.24, 2.45) is 5.10 Å². The highest BCUT2D eigenvalue weighted by Crippen LogP contribution is 2.01. The molecule has 3 N–H and O–H groups in total. The molecule has 1 heterocycles. The van der Waals surface area contributed by atoms with Crippen LogP contribution in [0, 0.1) is 6.92 Å². The van der Waals surface area contributed by atoms with Gasteiger partial charge in [-0.2, -0.15) is 5.10 Å². The predicted molar refractivity (Wildman–Crippen MR) is 62.6 cm³/mol. The van der Waals surface area contributed by atoms with Crippen molar-refractivity contribution in [3.8, 4) is 0 Å². The Hall–Kier alpha value is -2.37. The molecule has 0 radical (unpaired) electrons. The SMILES string of the molecule is Cc1ccc(/C=N\Nc2nncn2N)cc1. The first-order valence-electron chi connectivity index (χ1n) is 4.76. The van der Waals surface area contributed by atoms with Crippen LogP contribution in [-0.2, 0) is 0 Å². The molecule has 6 heteroatoms. The number of hydrogen-bond acceptors (Lipinski definition) is 5. The Morgan fingerprint density at radius 3 is 2.75 bits per heavy atom. The summed E-state index contributed by atoms with van der Waals surface area (Å²) < 4.78 is 1.26. The van der Waals surface area contributed by atoms with Crippen molar-refractivity contribution in [1.82, 2.24) is 14.9 Å². The number of nitrogens with one attached hydrogen (secondary N) is 1. The number of nitrogens with zero attached hydrogens (tertiary/aromatic N) is 4. The Bertz CT molecular complexity index is 484. The smallest absolute Gasteiger partial charge is 0.263 e. The molecule has 0 bridgehead atoms. The molecule has 0 aliphatic rings. The third-order valence-electron chi connectivity index (χ3n) is 2.03. The number of hydrogen-bond donors (Lipinski definition) is 2. The summed E-state index contributed by atoms with van der Waals surface area (Å²) in [5.74, 6) is 5.89. The lowest BCUT2D eigenvalue weighted by atomic mass is 10.2. The lowest BCUT2D eigenvalue weighted by Gasteiger charge is -1.97. The topological polar surface area (TPSA) is 81.1 Å². The van der Waals surface area contributed by atoms with E-state index in [1.165, 1.54) is 16.6 Å². The minimum absolute atomic E-state index is 0.392. The van der Waals surface area contributed by atoms with Crippen molar-refractivity contribution < 1.29 is 0 Å². The van der Waals surface area contributed by atoms with Crippen LogP contribution in [0.25, 0.3) is 0 Å². The fourth-order valence-electron chi connectivity index (χ4n) is 1.14. The molecular formula is C10H12N6. The number of aromatic nitrogens is 3. The third-order valence-corrected chi connectivity index (χ3v) is 2.03. The van der Waals surface area contributed by atoms with E-state index in [0.29, 0.717) is 5.95 Å². The van der Waals surface area contributed by atoms with Gasteiger partial charge < -0.3 is 5.84 Å². The van der Waals surface area contributed by atoms with E-state index in [2.05, 4.69) is 20.7 Å². The van der Waals surface area contributed by atoms with E-state index >= 15 is 0 Å². The zero-order valence-corrected chi connectivity index (χ0v) is 8.83. The van der Waals surface area contributed by atoms with Crippen molar-refractivity contribution in [3.63, 3.8) is 0 Å². The van der Waals surface area contributed by atoms with Crippen LogP contribution in [-0.4, -0.2) is 21.1 Å². The van der Waals surface area contributed by atoms with Gasteiger partial charge in [-0.15, -0.1) is 10.2 Å². The monoisotopic (exact) mass is 216 g/mol. The Kier molecular flexibility index (Phi) is 2.81. The Morgan fingerprint density at radius 1 is 1.38 bits per heavy atom. The van der Waals surface area contributed by atoms with Gasteiger partial charge in [0.1, 0.15) is 6.33 Å². The van der Waals surface area contributed by atoms with Crippen LogP contribution in [0.2, 0.25) is 0 Å². The van der Waals surface area contributed by atoms with E-state index in [0.717, 1.165) is 5.56 Å². The number of benzene rings is 1. The van der Waals surface area contributed by atoms with E-state index in [4.69, 9.17) is 5.84 Å². The van der Waals surface area contributed by atoms with E-state index in [1.807, 2.05) is 31.2 Å². The zero-order valence-electron chi connectivity index (χ0n) is 8.83. The molecule has 0 spiro atoms. The van der Waals surface area contributed by atoms with E-state index in [9.17, 15) is 0 Å². The van der Waals surface area contributed by atoms with Crippen LogP contribution < -0.4 is 11.3 Å². The van der Waals surface area contributed by atoms with Gasteiger partial charge in [0.05, 0.1) is 6.21 Å². The minimum atomic E-state index is 0.392. The Labute approximate surface area is 92.8 Å². The summed E-state index contributed by atoms with van der Waals surface area (Å²) in [5.41, 5.74) is 4.91. The first-order chi connectivity index (χ1) is 7.75. The van der Waals surface area contributed by atoms with Crippen molar-refractivity contribution in [3.05, 3.63) is 41.7 Å². The second kappa shape index (κ2) is 4.43. The molecule has 6 nitrogen and oxygen atoms in total. The fraction of sp³-hybridized carbons (Fsp3) is 0.100. The average Bonchev–Trinajstić information content (AvgIpc) is 2.68. The molecule has 0 unspecified atom stereocenters. The molecule has 1 aromatic heterocycles. The Balaban J connectivity index is 2.00. The molecule has 16 heavy (non-hydrogen) atoms. The highest BCUT2D eigenvalue weighted by Gasteiger charge is 1.96. The molecule has 0 fully saturated rings. The van der Waals surface area contributed by atoms with E-state index in [1.54, 1.807) is 6.21 Å². The number of nitrogens with two attached hydrogens (primary N) is 1. The van der Waals surface area contributed by atoms with Crippen molar-refractivity contribution in [2.75, 3.05) is 11.3 Å². The maximum absolute atomic E-state index is 5.50. The fourth-order valence-corrected chi connectivity index (χ4v) is 1.14. The van der Waals surface area contributed by atoms with E-state index in [-0.39, 0.29) is 0 Å². The van der Waals surface area contributed by atoms with Gasteiger partial charge in [-0.3, -0.25) is 0 Å². The summed E-state index contributed by atoms with van der Waals surface area (Å²) in [6.45, 7) is 2.04. The summed E-state index contributed by atoms with van der Waals surface area (Å²) in [4.78, 5) is 0. The summed E-state index contributed by atoms with van der Waals surface area (Å²) >= 11 is 0. The number of hydrazone groups is 1. The van der Waals surface area contributed by atoms with Crippen molar-refractivity contribution in [2.45, 2.75) is 6.92 Å². The van der Waals surface area contributed by atoms with Gasteiger partial charge in [-0.05, 0) is 12.5 Å². The molecule has 2 rings (SSSR count). The van der Waals surface area contributed by atoms with Gasteiger partial charge in [0.15, 0.2) is 0 Å². The number of aryl methyl sites for hydroxylation is 1. The normalized spacial score (nSPS) is 10.8. The molecule has 0 saturated heterocycles. The van der Waals surface area contributed by atoms with Gasteiger partial charge in [0.2, 0.25) is 0 Å². The molecule has 0 saturated carbocycles. The average molecular weight is 216 g/mol. The molecule has 0 amide bonds. The van der Waals surface area contributed by atoms with Crippen LogP contribution in [0.1, 0.15) is 11.1 Å². The molecule has 1 aromatic carbocycles. The van der Waals surface area contributed by atoms with Crippen LogP contribution in [0.3, 0.4) is 0 Å².